The van der Waals surface area contributed by atoms with Gasteiger partial charge in [-0.15, -0.1) is 0 Å². The SMILES string of the molecule is Cc1ccc(C(N)c2cc(F)c(Br)cc2F)cc1F. The van der Waals surface area contributed by atoms with Crippen LogP contribution in [-0.4, -0.2) is 0 Å². The van der Waals surface area contributed by atoms with Crippen LogP contribution in [0.5, 0.6) is 0 Å². The molecule has 2 aromatic rings. The number of halogens is 4. The molecule has 19 heavy (non-hydrogen) atoms. The Kier molecular flexibility index (Phi) is 3.96. The molecule has 0 spiro atoms. The summed E-state index contributed by atoms with van der Waals surface area (Å²) < 4.78 is 40.7. The third-order valence-electron chi connectivity index (χ3n) is 2.93. The summed E-state index contributed by atoms with van der Waals surface area (Å²) in [7, 11) is 0. The van der Waals surface area contributed by atoms with Gasteiger partial charge in [-0.2, -0.15) is 0 Å². The lowest BCUT2D eigenvalue weighted by molar-refractivity contribution is 0.570. The van der Waals surface area contributed by atoms with Gasteiger partial charge in [-0.3, -0.25) is 0 Å². The average Bonchev–Trinajstić information content (AvgIpc) is 2.36. The monoisotopic (exact) mass is 329 g/mol. The number of aryl methyl sites for hydroxylation is 1. The fourth-order valence-electron chi connectivity index (χ4n) is 1.76. The second-order valence-corrected chi connectivity index (χ2v) is 5.13. The molecule has 1 unspecified atom stereocenters. The molecule has 0 aromatic heterocycles. The van der Waals surface area contributed by atoms with E-state index in [1.54, 1.807) is 19.1 Å². The number of benzene rings is 2. The van der Waals surface area contributed by atoms with Crippen molar-refractivity contribution in [2.75, 3.05) is 0 Å². The summed E-state index contributed by atoms with van der Waals surface area (Å²) in [6.45, 7) is 1.62. The smallest absolute Gasteiger partial charge is 0.137 e. The van der Waals surface area contributed by atoms with Crippen LogP contribution < -0.4 is 5.73 Å². The van der Waals surface area contributed by atoms with Crippen molar-refractivity contribution in [3.8, 4) is 0 Å². The topological polar surface area (TPSA) is 26.0 Å². The van der Waals surface area contributed by atoms with Crippen molar-refractivity contribution in [2.24, 2.45) is 5.73 Å². The van der Waals surface area contributed by atoms with Gasteiger partial charge in [0.15, 0.2) is 0 Å². The van der Waals surface area contributed by atoms with Gasteiger partial charge in [0.05, 0.1) is 10.5 Å². The second kappa shape index (κ2) is 5.35. The van der Waals surface area contributed by atoms with Gasteiger partial charge in [0, 0.05) is 5.56 Å². The first-order chi connectivity index (χ1) is 8.90. The molecule has 0 aliphatic carbocycles. The summed E-state index contributed by atoms with van der Waals surface area (Å²) >= 11 is 2.89. The van der Waals surface area contributed by atoms with E-state index < -0.39 is 23.5 Å². The van der Waals surface area contributed by atoms with E-state index >= 15 is 0 Å². The maximum atomic E-state index is 13.8. The van der Waals surface area contributed by atoms with Crippen molar-refractivity contribution >= 4 is 15.9 Å². The Morgan fingerprint density at radius 3 is 2.32 bits per heavy atom. The van der Waals surface area contributed by atoms with Crippen LogP contribution in [0.1, 0.15) is 22.7 Å². The molecule has 0 fully saturated rings. The molecule has 0 aliphatic rings. The van der Waals surface area contributed by atoms with E-state index in [9.17, 15) is 13.2 Å². The van der Waals surface area contributed by atoms with Gasteiger partial charge in [0.2, 0.25) is 0 Å². The molecule has 0 radical (unpaired) electrons. The van der Waals surface area contributed by atoms with Gasteiger partial charge >= 0.3 is 0 Å². The summed E-state index contributed by atoms with van der Waals surface area (Å²) in [6, 6.07) is 5.49. The van der Waals surface area contributed by atoms with E-state index in [1.165, 1.54) is 6.07 Å². The highest BCUT2D eigenvalue weighted by molar-refractivity contribution is 9.10. The standard InChI is InChI=1S/C14H11BrF3N/c1-7-2-3-8(4-11(7)16)14(19)9-5-13(18)10(15)6-12(9)17/h2-6,14H,19H2,1H3. The van der Waals surface area contributed by atoms with E-state index in [0.29, 0.717) is 11.1 Å². The van der Waals surface area contributed by atoms with E-state index in [0.717, 1.165) is 12.1 Å². The molecule has 0 saturated carbocycles. The number of nitrogens with two attached hydrogens (primary N) is 1. The van der Waals surface area contributed by atoms with Crippen LogP contribution in [0.4, 0.5) is 13.2 Å². The van der Waals surface area contributed by atoms with Crippen LogP contribution in [-0.2, 0) is 0 Å². The molecule has 1 nitrogen and oxygen atoms in total. The predicted octanol–water partition coefficient (Wildman–Crippen LogP) is 4.22. The number of hydrogen-bond acceptors (Lipinski definition) is 1. The van der Waals surface area contributed by atoms with Crippen molar-refractivity contribution in [1.82, 2.24) is 0 Å². The van der Waals surface area contributed by atoms with Crippen LogP contribution in [0.25, 0.3) is 0 Å². The lowest BCUT2D eigenvalue weighted by atomic mass is 9.98. The fourth-order valence-corrected chi connectivity index (χ4v) is 2.07. The Balaban J connectivity index is 2.46. The van der Waals surface area contributed by atoms with Crippen molar-refractivity contribution in [2.45, 2.75) is 13.0 Å². The van der Waals surface area contributed by atoms with Crippen LogP contribution in [0.3, 0.4) is 0 Å². The van der Waals surface area contributed by atoms with Gasteiger partial charge in [-0.1, -0.05) is 12.1 Å². The van der Waals surface area contributed by atoms with Crippen molar-refractivity contribution in [3.63, 3.8) is 0 Å². The van der Waals surface area contributed by atoms with E-state index in [-0.39, 0.29) is 10.0 Å². The molecule has 2 rings (SSSR count). The molecule has 0 bridgehead atoms. The Hall–Kier alpha value is -1.33. The zero-order chi connectivity index (χ0) is 14.2. The van der Waals surface area contributed by atoms with Crippen LogP contribution in [0, 0.1) is 24.4 Å². The Bertz CT molecular complexity index is 628. The number of hydrogen-bond donors (Lipinski definition) is 1. The van der Waals surface area contributed by atoms with Gasteiger partial charge in [0.1, 0.15) is 17.5 Å². The quantitative estimate of drug-likeness (QED) is 0.820. The normalized spacial score (nSPS) is 12.5. The molecule has 0 saturated heterocycles. The molecule has 2 aromatic carbocycles. The predicted molar refractivity (Wildman–Crippen MR) is 71.2 cm³/mol. The van der Waals surface area contributed by atoms with E-state index in [1.807, 2.05) is 0 Å². The lowest BCUT2D eigenvalue weighted by Gasteiger charge is -2.15. The summed E-state index contributed by atoms with van der Waals surface area (Å²) in [5, 5.41) is 0. The summed E-state index contributed by atoms with van der Waals surface area (Å²) in [5.74, 6) is -1.67. The molecular formula is C14H11BrF3N. The van der Waals surface area contributed by atoms with E-state index in [4.69, 9.17) is 5.73 Å². The summed E-state index contributed by atoms with van der Waals surface area (Å²) in [5.41, 5.74) is 6.72. The first kappa shape index (κ1) is 14.1. The Morgan fingerprint density at radius 2 is 1.68 bits per heavy atom. The zero-order valence-electron chi connectivity index (χ0n) is 10.1. The van der Waals surface area contributed by atoms with Gasteiger partial charge < -0.3 is 5.73 Å². The van der Waals surface area contributed by atoms with Crippen LogP contribution in [0.15, 0.2) is 34.8 Å². The number of rotatable bonds is 2. The third kappa shape index (κ3) is 2.82. The molecule has 1 atom stereocenters. The Morgan fingerprint density at radius 1 is 1.00 bits per heavy atom. The minimum absolute atomic E-state index is 0.0102. The largest absolute Gasteiger partial charge is 0.320 e. The second-order valence-electron chi connectivity index (χ2n) is 4.27. The van der Waals surface area contributed by atoms with Gasteiger partial charge in [-0.25, -0.2) is 13.2 Å². The van der Waals surface area contributed by atoms with Crippen molar-refractivity contribution < 1.29 is 13.2 Å². The minimum atomic E-state index is -0.919. The first-order valence-electron chi connectivity index (χ1n) is 5.56. The highest BCUT2D eigenvalue weighted by Gasteiger charge is 2.17. The summed E-state index contributed by atoms with van der Waals surface area (Å²) in [6.07, 6.45) is 0. The van der Waals surface area contributed by atoms with Crippen LogP contribution in [0.2, 0.25) is 0 Å². The van der Waals surface area contributed by atoms with Crippen molar-refractivity contribution in [1.29, 1.82) is 0 Å². The molecule has 0 aliphatic heterocycles. The highest BCUT2D eigenvalue weighted by atomic mass is 79.9. The Labute approximate surface area is 117 Å². The maximum absolute atomic E-state index is 13.8. The summed E-state index contributed by atoms with van der Waals surface area (Å²) in [4.78, 5) is 0. The molecule has 0 heterocycles. The highest BCUT2D eigenvalue weighted by Crippen LogP contribution is 2.27. The molecule has 0 amide bonds. The molecule has 5 heteroatoms. The average molecular weight is 330 g/mol. The minimum Gasteiger partial charge on any atom is -0.320 e. The first-order valence-corrected chi connectivity index (χ1v) is 6.35. The zero-order valence-corrected chi connectivity index (χ0v) is 11.6. The maximum Gasteiger partial charge on any atom is 0.137 e. The third-order valence-corrected chi connectivity index (χ3v) is 3.54. The molecule has 100 valence electrons. The molecular weight excluding hydrogens is 319 g/mol. The lowest BCUT2D eigenvalue weighted by Crippen LogP contribution is -2.14. The fraction of sp³-hybridized carbons (Fsp3) is 0.143. The van der Waals surface area contributed by atoms with Gasteiger partial charge in [0.25, 0.3) is 0 Å². The van der Waals surface area contributed by atoms with Crippen molar-refractivity contribution in [3.05, 3.63) is 68.9 Å². The van der Waals surface area contributed by atoms with E-state index in [2.05, 4.69) is 15.9 Å². The van der Waals surface area contributed by atoms with Gasteiger partial charge in [-0.05, 0) is 52.2 Å². The molecule has 2 N–H and O–H groups in total. The van der Waals surface area contributed by atoms with Crippen LogP contribution >= 0.6 is 15.9 Å².